The fraction of sp³-hybridized carbons (Fsp3) is 0.318. The average Bonchev–Trinajstić information content (AvgIpc) is 2.77. The SMILES string of the molecule is CCCCOc1ccc(C(=O)NC(=S)NNC(=O)c2ccccc2OCCC)cc1. The molecule has 0 saturated heterocycles. The minimum absolute atomic E-state index is 0.0245. The second kappa shape index (κ2) is 12.4. The van der Waals surface area contributed by atoms with Crippen LogP contribution < -0.4 is 25.6 Å². The van der Waals surface area contributed by atoms with Gasteiger partial charge in [0.05, 0.1) is 18.8 Å². The van der Waals surface area contributed by atoms with Gasteiger partial charge in [0, 0.05) is 5.56 Å². The van der Waals surface area contributed by atoms with Crippen LogP contribution in [0.1, 0.15) is 53.8 Å². The van der Waals surface area contributed by atoms with Gasteiger partial charge < -0.3 is 9.47 Å². The molecular weight excluding hydrogens is 402 g/mol. The molecule has 8 heteroatoms. The third kappa shape index (κ3) is 7.36. The van der Waals surface area contributed by atoms with E-state index in [1.165, 1.54) is 0 Å². The number of unbranched alkanes of at least 4 members (excludes halogenated alkanes) is 1. The summed E-state index contributed by atoms with van der Waals surface area (Å²) in [5.41, 5.74) is 5.79. The molecule has 0 unspecified atom stereocenters. The summed E-state index contributed by atoms with van der Waals surface area (Å²) in [4.78, 5) is 24.7. The molecule has 3 N–H and O–H groups in total. The van der Waals surface area contributed by atoms with E-state index in [0.29, 0.717) is 35.8 Å². The van der Waals surface area contributed by atoms with Crippen molar-refractivity contribution in [3.8, 4) is 11.5 Å². The second-order valence-corrected chi connectivity index (χ2v) is 6.84. The summed E-state index contributed by atoms with van der Waals surface area (Å²) in [5, 5.41) is 2.49. The van der Waals surface area contributed by atoms with E-state index in [-0.39, 0.29) is 5.11 Å². The van der Waals surface area contributed by atoms with Crippen LogP contribution in [0, 0.1) is 0 Å². The molecule has 0 aliphatic heterocycles. The van der Waals surface area contributed by atoms with Gasteiger partial charge in [-0.25, -0.2) is 0 Å². The van der Waals surface area contributed by atoms with Gasteiger partial charge in [-0.2, -0.15) is 0 Å². The van der Waals surface area contributed by atoms with Gasteiger partial charge in [0.25, 0.3) is 11.8 Å². The summed E-state index contributed by atoms with van der Waals surface area (Å²) in [6.07, 6.45) is 2.86. The van der Waals surface area contributed by atoms with Crippen molar-refractivity contribution in [3.05, 3.63) is 59.7 Å². The number of thiocarbonyl (C=S) groups is 1. The molecule has 0 heterocycles. The van der Waals surface area contributed by atoms with Crippen molar-refractivity contribution in [1.29, 1.82) is 0 Å². The average molecular weight is 430 g/mol. The Balaban J connectivity index is 1.84. The van der Waals surface area contributed by atoms with Crippen molar-refractivity contribution < 1.29 is 19.1 Å². The largest absolute Gasteiger partial charge is 0.494 e. The van der Waals surface area contributed by atoms with Crippen LogP contribution in [0.4, 0.5) is 0 Å². The van der Waals surface area contributed by atoms with Gasteiger partial charge in [-0.3, -0.25) is 25.8 Å². The van der Waals surface area contributed by atoms with Crippen molar-refractivity contribution in [3.63, 3.8) is 0 Å². The first-order valence-corrected chi connectivity index (χ1v) is 10.3. The number of amides is 2. The number of para-hydroxylation sites is 1. The minimum atomic E-state index is -0.424. The first-order chi connectivity index (χ1) is 14.5. The molecule has 0 radical (unpaired) electrons. The highest BCUT2D eigenvalue weighted by Gasteiger charge is 2.13. The highest BCUT2D eigenvalue weighted by atomic mass is 32.1. The standard InChI is InChI=1S/C22H27N3O4S/c1-3-5-15-28-17-12-10-16(11-13-17)20(26)23-22(30)25-24-21(27)18-8-6-7-9-19(18)29-14-4-2/h6-13H,3-5,14-15H2,1-2H3,(H,24,27)(H2,23,25,26,30). The molecule has 160 valence electrons. The zero-order chi connectivity index (χ0) is 21.8. The summed E-state index contributed by atoms with van der Waals surface area (Å²) >= 11 is 5.08. The number of benzene rings is 2. The van der Waals surface area contributed by atoms with Crippen molar-refractivity contribution in [2.45, 2.75) is 33.1 Å². The summed E-state index contributed by atoms with van der Waals surface area (Å²) in [5.74, 6) is 0.368. The van der Waals surface area contributed by atoms with Crippen LogP contribution in [0.5, 0.6) is 11.5 Å². The summed E-state index contributed by atoms with van der Waals surface area (Å²) in [6.45, 7) is 5.23. The fourth-order valence-electron chi connectivity index (χ4n) is 2.42. The maximum absolute atomic E-state index is 12.4. The summed E-state index contributed by atoms with van der Waals surface area (Å²) < 4.78 is 11.2. The molecule has 0 spiro atoms. The van der Waals surface area contributed by atoms with E-state index < -0.39 is 11.8 Å². The number of hydrogen-bond donors (Lipinski definition) is 3. The van der Waals surface area contributed by atoms with E-state index in [4.69, 9.17) is 21.7 Å². The van der Waals surface area contributed by atoms with Crippen LogP contribution in [-0.2, 0) is 0 Å². The quantitative estimate of drug-likeness (QED) is 0.321. The number of hydrogen-bond acceptors (Lipinski definition) is 5. The van der Waals surface area contributed by atoms with Crippen LogP contribution in [-0.4, -0.2) is 30.1 Å². The molecule has 0 aliphatic carbocycles. The van der Waals surface area contributed by atoms with Crippen molar-refractivity contribution in [1.82, 2.24) is 16.2 Å². The van der Waals surface area contributed by atoms with Gasteiger partial charge in [-0.05, 0) is 61.5 Å². The lowest BCUT2D eigenvalue weighted by atomic mass is 10.2. The first kappa shape index (κ1) is 23.2. The summed E-state index contributed by atoms with van der Waals surface area (Å²) in [6, 6.07) is 13.7. The molecule has 2 rings (SSSR count). The van der Waals surface area contributed by atoms with E-state index in [0.717, 1.165) is 19.3 Å². The van der Waals surface area contributed by atoms with Crippen LogP contribution in [0.15, 0.2) is 48.5 Å². The Morgan fingerprint density at radius 2 is 1.60 bits per heavy atom. The number of nitrogens with one attached hydrogen (secondary N) is 3. The zero-order valence-electron chi connectivity index (χ0n) is 17.2. The molecule has 7 nitrogen and oxygen atoms in total. The Labute approximate surface area is 182 Å². The Morgan fingerprint density at radius 1 is 0.867 bits per heavy atom. The molecule has 0 bridgehead atoms. The molecule has 0 atom stereocenters. The van der Waals surface area contributed by atoms with Crippen LogP contribution in [0.3, 0.4) is 0 Å². The highest BCUT2D eigenvalue weighted by molar-refractivity contribution is 7.80. The van der Waals surface area contributed by atoms with Crippen molar-refractivity contribution in [2.75, 3.05) is 13.2 Å². The van der Waals surface area contributed by atoms with E-state index in [1.807, 2.05) is 6.92 Å². The molecule has 2 aromatic rings. The number of ether oxygens (including phenoxy) is 2. The van der Waals surface area contributed by atoms with E-state index in [1.54, 1.807) is 48.5 Å². The third-order valence-corrected chi connectivity index (χ3v) is 4.20. The van der Waals surface area contributed by atoms with Gasteiger partial charge in [0.1, 0.15) is 11.5 Å². The van der Waals surface area contributed by atoms with Crippen molar-refractivity contribution in [2.24, 2.45) is 0 Å². The third-order valence-electron chi connectivity index (χ3n) is 3.99. The molecule has 0 fully saturated rings. The summed E-state index contributed by atoms with van der Waals surface area (Å²) in [7, 11) is 0. The Kier molecular flexibility index (Phi) is 9.60. The Bertz CT molecular complexity index is 856. The molecule has 2 aromatic carbocycles. The topological polar surface area (TPSA) is 88.7 Å². The zero-order valence-corrected chi connectivity index (χ0v) is 18.0. The fourth-order valence-corrected chi connectivity index (χ4v) is 2.56. The lowest BCUT2D eigenvalue weighted by molar-refractivity contribution is 0.0931. The number of hydrazine groups is 1. The maximum Gasteiger partial charge on any atom is 0.273 e. The van der Waals surface area contributed by atoms with Crippen LogP contribution >= 0.6 is 12.2 Å². The van der Waals surface area contributed by atoms with E-state index in [9.17, 15) is 9.59 Å². The van der Waals surface area contributed by atoms with E-state index in [2.05, 4.69) is 23.1 Å². The predicted octanol–water partition coefficient (Wildman–Crippen LogP) is 3.60. The molecule has 30 heavy (non-hydrogen) atoms. The molecule has 2 amide bonds. The smallest absolute Gasteiger partial charge is 0.273 e. The first-order valence-electron chi connectivity index (χ1n) is 9.91. The molecule has 0 aliphatic rings. The molecular formula is C22H27N3O4S. The van der Waals surface area contributed by atoms with Gasteiger partial charge in [0.15, 0.2) is 5.11 Å². The predicted molar refractivity (Wildman–Crippen MR) is 120 cm³/mol. The number of carbonyl (C=O) groups excluding carboxylic acids is 2. The second-order valence-electron chi connectivity index (χ2n) is 6.43. The van der Waals surface area contributed by atoms with E-state index >= 15 is 0 Å². The van der Waals surface area contributed by atoms with Gasteiger partial charge in [-0.15, -0.1) is 0 Å². The number of carbonyl (C=O) groups is 2. The van der Waals surface area contributed by atoms with Gasteiger partial charge >= 0.3 is 0 Å². The lowest BCUT2D eigenvalue weighted by Gasteiger charge is -2.13. The molecule has 0 aromatic heterocycles. The Morgan fingerprint density at radius 3 is 2.30 bits per heavy atom. The van der Waals surface area contributed by atoms with Crippen molar-refractivity contribution >= 4 is 29.1 Å². The van der Waals surface area contributed by atoms with Crippen LogP contribution in [0.2, 0.25) is 0 Å². The van der Waals surface area contributed by atoms with Crippen LogP contribution in [0.25, 0.3) is 0 Å². The monoisotopic (exact) mass is 429 g/mol. The van der Waals surface area contributed by atoms with Gasteiger partial charge in [0.2, 0.25) is 0 Å². The maximum atomic E-state index is 12.4. The number of rotatable bonds is 9. The van der Waals surface area contributed by atoms with Gasteiger partial charge in [-0.1, -0.05) is 32.4 Å². The minimum Gasteiger partial charge on any atom is -0.494 e. The molecule has 0 saturated carbocycles. The normalized spacial score (nSPS) is 10.1. The highest BCUT2D eigenvalue weighted by Crippen LogP contribution is 2.17. The lowest BCUT2D eigenvalue weighted by Crippen LogP contribution is -2.48. The Hall–Kier alpha value is -3.13.